The van der Waals surface area contributed by atoms with Gasteiger partial charge in [0.05, 0.1) is 27.9 Å². The summed E-state index contributed by atoms with van der Waals surface area (Å²) in [6, 6.07) is 25.6. The zero-order valence-electron chi connectivity index (χ0n) is 18.0. The highest BCUT2D eigenvalue weighted by Crippen LogP contribution is 2.33. The number of hydrogen-bond acceptors (Lipinski definition) is 6. The van der Waals surface area contributed by atoms with E-state index in [1.54, 1.807) is 17.4 Å². The Balaban J connectivity index is 1.25. The number of piperazine rings is 1. The standard InChI is InChI=1S/C26H22N4OS2/c27-17-19-7-1-4-10-22(19)32-23-11-5-2-8-20(23)26(31)30-15-13-29(14-16-30)18-25-28-21-9-3-6-12-24(21)33-25/h1-12H,13-16,18H2. The highest BCUT2D eigenvalue weighted by Gasteiger charge is 2.24. The van der Waals surface area contributed by atoms with Gasteiger partial charge in [0.1, 0.15) is 11.1 Å². The van der Waals surface area contributed by atoms with Crippen molar-refractivity contribution in [3.8, 4) is 6.07 Å². The number of rotatable bonds is 5. The summed E-state index contributed by atoms with van der Waals surface area (Å²) in [5, 5.41) is 10.5. The van der Waals surface area contributed by atoms with Gasteiger partial charge in [0.25, 0.3) is 5.91 Å². The van der Waals surface area contributed by atoms with Crippen LogP contribution in [-0.2, 0) is 6.54 Å². The van der Waals surface area contributed by atoms with Gasteiger partial charge in [-0.25, -0.2) is 4.98 Å². The molecule has 3 aromatic carbocycles. The Morgan fingerprint density at radius 2 is 1.64 bits per heavy atom. The summed E-state index contributed by atoms with van der Waals surface area (Å²) in [5.74, 6) is 0.0483. The summed E-state index contributed by atoms with van der Waals surface area (Å²) < 4.78 is 1.22. The molecule has 5 nitrogen and oxygen atoms in total. The van der Waals surface area contributed by atoms with Gasteiger partial charge < -0.3 is 4.90 Å². The lowest BCUT2D eigenvalue weighted by Gasteiger charge is -2.34. The molecule has 1 saturated heterocycles. The summed E-state index contributed by atoms with van der Waals surface area (Å²) in [4.78, 5) is 24.2. The molecule has 1 fully saturated rings. The number of fused-ring (bicyclic) bond motifs is 1. The number of carbonyl (C=O) groups excluding carboxylic acids is 1. The van der Waals surface area contributed by atoms with Gasteiger partial charge in [-0.05, 0) is 36.4 Å². The van der Waals surface area contributed by atoms with Crippen molar-refractivity contribution < 1.29 is 4.79 Å². The number of para-hydroxylation sites is 1. The minimum Gasteiger partial charge on any atom is -0.336 e. The molecular weight excluding hydrogens is 448 g/mol. The minimum atomic E-state index is 0.0483. The van der Waals surface area contributed by atoms with Crippen LogP contribution >= 0.6 is 23.1 Å². The van der Waals surface area contributed by atoms with E-state index in [-0.39, 0.29) is 5.91 Å². The van der Waals surface area contributed by atoms with Crippen LogP contribution in [0.4, 0.5) is 0 Å². The molecule has 0 spiro atoms. The maximum atomic E-state index is 13.4. The number of amides is 1. The van der Waals surface area contributed by atoms with Crippen LogP contribution in [0.5, 0.6) is 0 Å². The van der Waals surface area contributed by atoms with Crippen molar-refractivity contribution in [1.82, 2.24) is 14.8 Å². The average Bonchev–Trinajstić information content (AvgIpc) is 3.27. The molecule has 0 bridgehead atoms. The van der Waals surface area contributed by atoms with E-state index in [4.69, 9.17) is 4.98 Å². The fourth-order valence-corrected chi connectivity index (χ4v) is 5.99. The van der Waals surface area contributed by atoms with E-state index in [9.17, 15) is 10.1 Å². The lowest BCUT2D eigenvalue weighted by Crippen LogP contribution is -2.48. The van der Waals surface area contributed by atoms with E-state index >= 15 is 0 Å². The zero-order chi connectivity index (χ0) is 22.6. The van der Waals surface area contributed by atoms with Crippen LogP contribution in [0.15, 0.2) is 82.6 Å². The van der Waals surface area contributed by atoms with Crippen LogP contribution in [-0.4, -0.2) is 46.9 Å². The molecule has 33 heavy (non-hydrogen) atoms. The van der Waals surface area contributed by atoms with Crippen molar-refractivity contribution in [2.45, 2.75) is 16.3 Å². The first kappa shape index (κ1) is 21.7. The Morgan fingerprint density at radius 1 is 0.939 bits per heavy atom. The second-order valence-corrected chi connectivity index (χ2v) is 10.0. The van der Waals surface area contributed by atoms with Crippen LogP contribution in [0.2, 0.25) is 0 Å². The fourth-order valence-electron chi connectivity index (χ4n) is 3.96. The normalized spacial score (nSPS) is 14.3. The maximum Gasteiger partial charge on any atom is 0.255 e. The molecule has 4 aromatic rings. The van der Waals surface area contributed by atoms with Crippen molar-refractivity contribution in [1.29, 1.82) is 5.26 Å². The highest BCUT2D eigenvalue weighted by atomic mass is 32.2. The van der Waals surface area contributed by atoms with Gasteiger partial charge in [0, 0.05) is 36.0 Å². The molecule has 0 saturated carbocycles. The molecule has 0 radical (unpaired) electrons. The SMILES string of the molecule is N#Cc1ccccc1Sc1ccccc1C(=O)N1CCN(Cc2nc3ccccc3s2)CC1. The predicted octanol–water partition coefficient (Wildman–Crippen LogP) is 5.28. The molecule has 1 aliphatic rings. The van der Waals surface area contributed by atoms with Crippen LogP contribution in [0.25, 0.3) is 10.2 Å². The quantitative estimate of drug-likeness (QED) is 0.397. The van der Waals surface area contributed by atoms with Crippen LogP contribution in [0.3, 0.4) is 0 Å². The van der Waals surface area contributed by atoms with E-state index in [1.165, 1.54) is 16.5 Å². The molecule has 7 heteroatoms. The van der Waals surface area contributed by atoms with Gasteiger partial charge >= 0.3 is 0 Å². The number of nitriles is 1. The van der Waals surface area contributed by atoms with E-state index in [1.807, 2.05) is 59.5 Å². The van der Waals surface area contributed by atoms with E-state index in [0.29, 0.717) is 24.2 Å². The summed E-state index contributed by atoms with van der Waals surface area (Å²) >= 11 is 3.22. The Morgan fingerprint density at radius 3 is 2.42 bits per heavy atom. The third-order valence-electron chi connectivity index (χ3n) is 5.70. The molecule has 0 N–H and O–H groups in total. The van der Waals surface area contributed by atoms with Crippen molar-refractivity contribution in [3.63, 3.8) is 0 Å². The summed E-state index contributed by atoms with van der Waals surface area (Å²) in [6.07, 6.45) is 0. The monoisotopic (exact) mass is 470 g/mol. The second kappa shape index (κ2) is 9.75. The third kappa shape index (κ3) is 4.79. The van der Waals surface area contributed by atoms with Gasteiger partial charge in [0.15, 0.2) is 0 Å². The second-order valence-electron chi connectivity index (χ2n) is 7.85. The smallest absolute Gasteiger partial charge is 0.255 e. The van der Waals surface area contributed by atoms with Gasteiger partial charge in [-0.3, -0.25) is 9.69 Å². The number of nitrogens with zero attached hydrogens (tertiary/aromatic N) is 4. The van der Waals surface area contributed by atoms with Gasteiger partial charge in [-0.1, -0.05) is 48.2 Å². The molecular formula is C26H22N4OS2. The summed E-state index contributed by atoms with van der Waals surface area (Å²) in [5.41, 5.74) is 2.36. The lowest BCUT2D eigenvalue weighted by atomic mass is 10.2. The van der Waals surface area contributed by atoms with Gasteiger partial charge in [-0.2, -0.15) is 5.26 Å². The van der Waals surface area contributed by atoms with E-state index in [2.05, 4.69) is 23.1 Å². The van der Waals surface area contributed by atoms with Crippen LogP contribution in [0.1, 0.15) is 20.9 Å². The molecule has 1 amide bonds. The van der Waals surface area contributed by atoms with Gasteiger partial charge in [-0.15, -0.1) is 11.3 Å². The Labute approximate surface area is 201 Å². The van der Waals surface area contributed by atoms with E-state index in [0.717, 1.165) is 39.9 Å². The number of aromatic nitrogens is 1. The van der Waals surface area contributed by atoms with Crippen LogP contribution < -0.4 is 0 Å². The summed E-state index contributed by atoms with van der Waals surface area (Å²) in [6.45, 7) is 3.86. The third-order valence-corrected chi connectivity index (χ3v) is 7.87. The predicted molar refractivity (Wildman–Crippen MR) is 133 cm³/mol. The Hall–Kier alpha value is -3.18. The maximum absolute atomic E-state index is 13.4. The highest BCUT2D eigenvalue weighted by molar-refractivity contribution is 7.99. The summed E-state index contributed by atoms with van der Waals surface area (Å²) in [7, 11) is 0. The van der Waals surface area contributed by atoms with Gasteiger partial charge in [0.2, 0.25) is 0 Å². The molecule has 0 unspecified atom stereocenters. The molecule has 1 aromatic heterocycles. The number of carbonyl (C=O) groups is 1. The molecule has 5 rings (SSSR count). The molecule has 2 heterocycles. The number of benzene rings is 3. The van der Waals surface area contributed by atoms with Crippen molar-refractivity contribution in [2.24, 2.45) is 0 Å². The minimum absolute atomic E-state index is 0.0483. The average molecular weight is 471 g/mol. The largest absolute Gasteiger partial charge is 0.336 e. The van der Waals surface area contributed by atoms with Crippen molar-refractivity contribution in [3.05, 3.63) is 88.9 Å². The first-order valence-electron chi connectivity index (χ1n) is 10.8. The molecule has 0 atom stereocenters. The lowest BCUT2D eigenvalue weighted by molar-refractivity contribution is 0.0625. The van der Waals surface area contributed by atoms with E-state index < -0.39 is 0 Å². The molecule has 164 valence electrons. The first-order chi connectivity index (χ1) is 16.2. The fraction of sp³-hybridized carbons (Fsp3) is 0.192. The van der Waals surface area contributed by atoms with Crippen molar-refractivity contribution >= 4 is 39.2 Å². The molecule has 0 aliphatic carbocycles. The number of hydrogen-bond donors (Lipinski definition) is 0. The topological polar surface area (TPSA) is 60.2 Å². The van der Waals surface area contributed by atoms with Crippen LogP contribution in [0, 0.1) is 11.3 Å². The Kier molecular flexibility index (Phi) is 6.40. The zero-order valence-corrected chi connectivity index (χ0v) is 19.6. The van der Waals surface area contributed by atoms with Crippen molar-refractivity contribution in [2.75, 3.05) is 26.2 Å². The Bertz CT molecular complexity index is 1300. The first-order valence-corrected chi connectivity index (χ1v) is 12.5. The molecule has 1 aliphatic heterocycles. The number of thiazole rings is 1.